The second-order valence-corrected chi connectivity index (χ2v) is 7.13. The predicted octanol–water partition coefficient (Wildman–Crippen LogP) is 2.13. The number of fused-ring (bicyclic) bond motifs is 1. The average molecular weight is 390 g/mol. The molecule has 0 saturated carbocycles. The zero-order valence-electron chi connectivity index (χ0n) is 15.6. The molecule has 3 N–H and O–H groups in total. The van der Waals surface area contributed by atoms with Gasteiger partial charge in [0.25, 0.3) is 11.8 Å². The molecule has 0 spiro atoms. The summed E-state index contributed by atoms with van der Waals surface area (Å²) < 4.78 is 12.2. The molecule has 9 nitrogen and oxygen atoms in total. The van der Waals surface area contributed by atoms with E-state index in [1.54, 1.807) is 16.8 Å². The molecule has 1 aliphatic rings. The summed E-state index contributed by atoms with van der Waals surface area (Å²) in [6.07, 6.45) is 3.35. The van der Waals surface area contributed by atoms with Crippen LogP contribution < -0.4 is 11.1 Å². The SMILES string of the molecule is Cc1ccc(-c2noc(C3(N)COC3)n2)cc1NC(=O)c1cnc2ccccn12. The van der Waals surface area contributed by atoms with Gasteiger partial charge in [-0.05, 0) is 30.7 Å². The Kier molecular flexibility index (Phi) is 3.93. The molecule has 0 aliphatic carbocycles. The van der Waals surface area contributed by atoms with E-state index < -0.39 is 5.54 Å². The quantitative estimate of drug-likeness (QED) is 0.547. The van der Waals surface area contributed by atoms with Crippen LogP contribution in [0.25, 0.3) is 17.0 Å². The van der Waals surface area contributed by atoms with Crippen LogP contribution >= 0.6 is 0 Å². The number of imidazole rings is 1. The van der Waals surface area contributed by atoms with Crippen molar-refractivity contribution in [3.63, 3.8) is 0 Å². The van der Waals surface area contributed by atoms with E-state index in [0.29, 0.717) is 47.5 Å². The number of anilines is 1. The van der Waals surface area contributed by atoms with E-state index in [-0.39, 0.29) is 5.91 Å². The molecule has 0 radical (unpaired) electrons. The molecular weight excluding hydrogens is 372 g/mol. The largest absolute Gasteiger partial charge is 0.376 e. The Labute approximate surface area is 165 Å². The van der Waals surface area contributed by atoms with Crippen LogP contribution in [0.1, 0.15) is 21.9 Å². The zero-order valence-corrected chi connectivity index (χ0v) is 15.6. The number of amides is 1. The van der Waals surface area contributed by atoms with E-state index in [4.69, 9.17) is 15.0 Å². The fraction of sp³-hybridized carbons (Fsp3) is 0.200. The van der Waals surface area contributed by atoms with Crippen LogP contribution in [-0.4, -0.2) is 38.6 Å². The molecule has 0 unspecified atom stereocenters. The minimum atomic E-state index is -0.726. The summed E-state index contributed by atoms with van der Waals surface area (Å²) in [7, 11) is 0. The van der Waals surface area contributed by atoms with Crippen LogP contribution in [0.15, 0.2) is 53.3 Å². The smallest absolute Gasteiger partial charge is 0.274 e. The summed E-state index contributed by atoms with van der Waals surface area (Å²) in [5.74, 6) is 0.489. The van der Waals surface area contributed by atoms with Gasteiger partial charge in [-0.1, -0.05) is 23.4 Å². The first-order valence-electron chi connectivity index (χ1n) is 9.09. The monoisotopic (exact) mass is 390 g/mol. The first kappa shape index (κ1) is 17.5. The van der Waals surface area contributed by atoms with Crippen LogP contribution in [0.4, 0.5) is 5.69 Å². The van der Waals surface area contributed by atoms with Crippen molar-refractivity contribution in [1.82, 2.24) is 19.5 Å². The minimum Gasteiger partial charge on any atom is -0.376 e. The van der Waals surface area contributed by atoms with Crippen LogP contribution in [0.5, 0.6) is 0 Å². The van der Waals surface area contributed by atoms with Gasteiger partial charge in [0, 0.05) is 17.4 Å². The van der Waals surface area contributed by atoms with Crippen LogP contribution in [0.2, 0.25) is 0 Å². The third-order valence-corrected chi connectivity index (χ3v) is 4.96. The molecule has 9 heteroatoms. The van der Waals surface area contributed by atoms with E-state index in [2.05, 4.69) is 20.4 Å². The third kappa shape index (κ3) is 2.96. The van der Waals surface area contributed by atoms with Gasteiger partial charge >= 0.3 is 0 Å². The first-order chi connectivity index (χ1) is 14.0. The van der Waals surface area contributed by atoms with Crippen LogP contribution in [0.3, 0.4) is 0 Å². The lowest BCUT2D eigenvalue weighted by atomic mass is 9.99. The van der Waals surface area contributed by atoms with Gasteiger partial charge in [-0.2, -0.15) is 4.98 Å². The number of nitrogens with zero attached hydrogens (tertiary/aromatic N) is 4. The van der Waals surface area contributed by atoms with Crippen LogP contribution in [-0.2, 0) is 10.3 Å². The average Bonchev–Trinajstić information content (AvgIpc) is 3.35. The molecule has 1 saturated heterocycles. The maximum atomic E-state index is 12.8. The number of benzene rings is 1. The van der Waals surface area contributed by atoms with Crippen molar-refractivity contribution in [2.24, 2.45) is 5.73 Å². The molecule has 146 valence electrons. The Hall–Kier alpha value is -3.56. The van der Waals surface area contributed by atoms with Crippen LogP contribution in [0, 0.1) is 6.92 Å². The highest BCUT2D eigenvalue weighted by Gasteiger charge is 2.41. The summed E-state index contributed by atoms with van der Waals surface area (Å²) in [4.78, 5) is 21.5. The number of rotatable bonds is 4. The van der Waals surface area contributed by atoms with E-state index in [1.165, 1.54) is 0 Å². The lowest BCUT2D eigenvalue weighted by Crippen LogP contribution is -2.54. The highest BCUT2D eigenvalue weighted by molar-refractivity contribution is 6.04. The highest BCUT2D eigenvalue weighted by Crippen LogP contribution is 2.29. The standard InChI is InChI=1S/C20H18N6O3/c1-12-5-6-13(17-24-19(29-25-17)20(21)10-28-11-20)8-14(12)23-18(27)15-9-22-16-4-2-3-7-26(15)16/h2-9H,10-11,21H2,1H3,(H,23,27). The number of nitrogens with two attached hydrogens (primary N) is 1. The summed E-state index contributed by atoms with van der Waals surface area (Å²) in [5.41, 5.74) is 8.84. The second-order valence-electron chi connectivity index (χ2n) is 7.13. The molecule has 1 amide bonds. The van der Waals surface area contributed by atoms with Crippen molar-refractivity contribution >= 4 is 17.2 Å². The molecule has 4 heterocycles. The molecular formula is C20H18N6O3. The number of ether oxygens (including phenoxy) is 1. The third-order valence-electron chi connectivity index (χ3n) is 4.96. The number of carbonyl (C=O) groups excluding carboxylic acids is 1. The molecule has 3 aromatic heterocycles. The zero-order chi connectivity index (χ0) is 20.0. The van der Waals surface area contributed by atoms with Gasteiger partial charge in [0.1, 0.15) is 16.9 Å². The fourth-order valence-electron chi connectivity index (χ4n) is 3.17. The number of aryl methyl sites for hydroxylation is 1. The lowest BCUT2D eigenvalue weighted by molar-refractivity contribution is -0.0714. The Morgan fingerprint density at radius 1 is 1.28 bits per heavy atom. The van der Waals surface area contributed by atoms with Gasteiger partial charge in [-0.25, -0.2) is 4.98 Å². The van der Waals surface area contributed by atoms with E-state index in [9.17, 15) is 4.79 Å². The molecule has 29 heavy (non-hydrogen) atoms. The van der Waals surface area contributed by atoms with E-state index in [0.717, 1.165) is 5.56 Å². The summed E-state index contributed by atoms with van der Waals surface area (Å²) in [6, 6.07) is 11.1. The topological polar surface area (TPSA) is 121 Å². The number of nitrogens with one attached hydrogen (secondary N) is 1. The maximum absolute atomic E-state index is 12.8. The van der Waals surface area contributed by atoms with Gasteiger partial charge in [-0.3, -0.25) is 9.20 Å². The maximum Gasteiger partial charge on any atom is 0.274 e. The number of carbonyl (C=O) groups is 1. The number of hydrogen-bond donors (Lipinski definition) is 2. The number of aromatic nitrogens is 4. The summed E-state index contributed by atoms with van der Waals surface area (Å²) >= 11 is 0. The van der Waals surface area contributed by atoms with E-state index >= 15 is 0 Å². The van der Waals surface area contributed by atoms with Gasteiger partial charge in [-0.15, -0.1) is 0 Å². The van der Waals surface area contributed by atoms with Gasteiger partial charge in [0.2, 0.25) is 5.82 Å². The van der Waals surface area contributed by atoms with Crippen molar-refractivity contribution in [3.8, 4) is 11.4 Å². The first-order valence-corrected chi connectivity index (χ1v) is 9.09. The predicted molar refractivity (Wildman–Crippen MR) is 104 cm³/mol. The number of hydrogen-bond acceptors (Lipinski definition) is 7. The molecule has 1 aromatic carbocycles. The second kappa shape index (κ2) is 6.50. The molecule has 5 rings (SSSR count). The van der Waals surface area contributed by atoms with Crippen molar-refractivity contribution in [2.75, 3.05) is 18.5 Å². The van der Waals surface area contributed by atoms with Crippen molar-refractivity contribution in [3.05, 3.63) is 65.9 Å². The lowest BCUT2D eigenvalue weighted by Gasteiger charge is -2.33. The van der Waals surface area contributed by atoms with Crippen molar-refractivity contribution in [2.45, 2.75) is 12.5 Å². The van der Waals surface area contributed by atoms with Crippen molar-refractivity contribution in [1.29, 1.82) is 0 Å². The highest BCUT2D eigenvalue weighted by atomic mass is 16.5. The van der Waals surface area contributed by atoms with Gasteiger partial charge in [0.05, 0.1) is 19.4 Å². The normalized spacial score (nSPS) is 15.2. The van der Waals surface area contributed by atoms with Crippen molar-refractivity contribution < 1.29 is 14.1 Å². The van der Waals surface area contributed by atoms with Gasteiger partial charge in [0.15, 0.2) is 0 Å². The number of pyridine rings is 1. The minimum absolute atomic E-state index is 0.259. The molecule has 0 bridgehead atoms. The Balaban J connectivity index is 1.43. The van der Waals surface area contributed by atoms with E-state index in [1.807, 2.05) is 43.3 Å². The summed E-state index contributed by atoms with van der Waals surface area (Å²) in [5, 5.41) is 6.97. The summed E-state index contributed by atoms with van der Waals surface area (Å²) in [6.45, 7) is 2.61. The van der Waals surface area contributed by atoms with Gasteiger partial charge < -0.3 is 20.3 Å². The Bertz CT molecular complexity index is 1220. The Morgan fingerprint density at radius 2 is 2.14 bits per heavy atom. The fourth-order valence-corrected chi connectivity index (χ4v) is 3.17. The molecule has 1 aliphatic heterocycles. The molecule has 0 atom stereocenters. The molecule has 1 fully saturated rings. The molecule has 4 aromatic rings. The Morgan fingerprint density at radius 3 is 2.93 bits per heavy atom.